The maximum Gasteiger partial charge on any atom is 0.151 e. The molecular formula is C19H20N4S2. The summed E-state index contributed by atoms with van der Waals surface area (Å²) in [4.78, 5) is 10.8. The van der Waals surface area contributed by atoms with Gasteiger partial charge in [-0.2, -0.15) is 0 Å². The Morgan fingerprint density at radius 3 is 2.88 bits per heavy atom. The molecule has 4 aromatic rings. The summed E-state index contributed by atoms with van der Waals surface area (Å²) in [6.45, 7) is 3.35. The van der Waals surface area contributed by atoms with Crippen molar-refractivity contribution in [2.75, 3.05) is 13.1 Å². The molecule has 0 aliphatic carbocycles. The Labute approximate surface area is 154 Å². The van der Waals surface area contributed by atoms with Gasteiger partial charge in [0.05, 0.1) is 26.8 Å². The van der Waals surface area contributed by atoms with E-state index >= 15 is 0 Å². The highest BCUT2D eigenvalue weighted by Gasteiger charge is 2.19. The standard InChI is InChI=1S/C19H20N4S2/c1-2-16(24-10-1)19-22-15-12-21-14-6-11-25-18(14)17(15)23(19)9-5-13-3-7-20-8-4-13/h1-2,6,10-13,20H,3-5,7-9H2. The minimum Gasteiger partial charge on any atom is -0.322 e. The Balaban J connectivity index is 1.62. The number of nitrogens with zero attached hydrogens (tertiary/aromatic N) is 3. The zero-order valence-corrected chi connectivity index (χ0v) is 15.6. The van der Waals surface area contributed by atoms with Gasteiger partial charge in [-0.1, -0.05) is 6.07 Å². The van der Waals surface area contributed by atoms with E-state index in [9.17, 15) is 0 Å². The fourth-order valence-electron chi connectivity index (χ4n) is 3.81. The lowest BCUT2D eigenvalue weighted by Gasteiger charge is -2.23. The van der Waals surface area contributed by atoms with Gasteiger partial charge in [0.2, 0.25) is 0 Å². The van der Waals surface area contributed by atoms with E-state index in [0.717, 1.165) is 42.4 Å². The van der Waals surface area contributed by atoms with Crippen molar-refractivity contribution in [3.05, 3.63) is 35.2 Å². The third kappa shape index (κ3) is 2.78. The Bertz CT molecular complexity index is 993. The topological polar surface area (TPSA) is 42.7 Å². The molecule has 0 aromatic carbocycles. The maximum absolute atomic E-state index is 4.95. The largest absolute Gasteiger partial charge is 0.322 e. The lowest BCUT2D eigenvalue weighted by atomic mass is 9.95. The van der Waals surface area contributed by atoms with Crippen molar-refractivity contribution in [2.24, 2.45) is 5.92 Å². The van der Waals surface area contributed by atoms with E-state index in [4.69, 9.17) is 4.98 Å². The second-order valence-electron chi connectivity index (χ2n) is 6.67. The Kier molecular flexibility index (Phi) is 4.04. The highest BCUT2D eigenvalue weighted by atomic mass is 32.1. The monoisotopic (exact) mass is 368 g/mol. The van der Waals surface area contributed by atoms with Gasteiger partial charge < -0.3 is 9.88 Å². The smallest absolute Gasteiger partial charge is 0.151 e. The Morgan fingerprint density at radius 1 is 1.12 bits per heavy atom. The summed E-state index contributed by atoms with van der Waals surface area (Å²) in [6.07, 6.45) is 5.73. The molecule has 0 atom stereocenters. The van der Waals surface area contributed by atoms with Crippen molar-refractivity contribution in [2.45, 2.75) is 25.8 Å². The Morgan fingerprint density at radius 2 is 2.04 bits per heavy atom. The van der Waals surface area contributed by atoms with Crippen LogP contribution in [0.2, 0.25) is 0 Å². The van der Waals surface area contributed by atoms with Gasteiger partial charge in [-0.3, -0.25) is 4.98 Å². The molecule has 0 unspecified atom stereocenters. The van der Waals surface area contributed by atoms with E-state index in [0.29, 0.717) is 0 Å². The summed E-state index contributed by atoms with van der Waals surface area (Å²) in [5.41, 5.74) is 3.36. The van der Waals surface area contributed by atoms with Crippen LogP contribution in [0.1, 0.15) is 19.3 Å². The number of aromatic nitrogens is 3. The average molecular weight is 369 g/mol. The molecule has 0 saturated carbocycles. The molecule has 1 fully saturated rings. The van der Waals surface area contributed by atoms with E-state index in [2.05, 4.69) is 43.8 Å². The predicted molar refractivity (Wildman–Crippen MR) is 106 cm³/mol. The number of thiophene rings is 2. The molecule has 0 spiro atoms. The fourth-order valence-corrected chi connectivity index (χ4v) is 5.43. The predicted octanol–water partition coefficient (Wildman–Crippen LogP) is 4.76. The van der Waals surface area contributed by atoms with Crippen LogP contribution >= 0.6 is 22.7 Å². The lowest BCUT2D eigenvalue weighted by Crippen LogP contribution is -2.28. The van der Waals surface area contributed by atoms with Crippen molar-refractivity contribution < 1.29 is 0 Å². The second kappa shape index (κ2) is 6.52. The SMILES string of the molecule is c1csc(-c2nc3cnc4ccsc4c3n2CCC2CCNCC2)c1. The number of rotatable bonds is 4. The molecule has 25 heavy (non-hydrogen) atoms. The summed E-state index contributed by atoms with van der Waals surface area (Å²) in [5, 5.41) is 7.73. The second-order valence-corrected chi connectivity index (χ2v) is 8.54. The number of pyridine rings is 1. The van der Waals surface area contributed by atoms with Crippen LogP contribution in [-0.4, -0.2) is 27.6 Å². The van der Waals surface area contributed by atoms with E-state index < -0.39 is 0 Å². The van der Waals surface area contributed by atoms with Crippen molar-refractivity contribution in [1.82, 2.24) is 19.9 Å². The van der Waals surface area contributed by atoms with Crippen molar-refractivity contribution in [1.29, 1.82) is 0 Å². The molecular weight excluding hydrogens is 348 g/mol. The summed E-state index contributed by atoms with van der Waals surface area (Å²) in [5.74, 6) is 1.91. The summed E-state index contributed by atoms with van der Waals surface area (Å²) in [7, 11) is 0. The van der Waals surface area contributed by atoms with Gasteiger partial charge in [0.1, 0.15) is 5.52 Å². The fraction of sp³-hybridized carbons (Fsp3) is 0.368. The van der Waals surface area contributed by atoms with Crippen LogP contribution in [-0.2, 0) is 6.54 Å². The van der Waals surface area contributed by atoms with Crippen LogP contribution in [0, 0.1) is 5.92 Å². The van der Waals surface area contributed by atoms with Crippen molar-refractivity contribution in [3.63, 3.8) is 0 Å². The molecule has 128 valence electrons. The van der Waals surface area contributed by atoms with E-state index in [-0.39, 0.29) is 0 Å². The van der Waals surface area contributed by atoms with Gasteiger partial charge in [-0.05, 0) is 61.2 Å². The molecule has 1 saturated heterocycles. The minimum atomic E-state index is 0.815. The van der Waals surface area contributed by atoms with Gasteiger partial charge in [-0.25, -0.2) is 4.98 Å². The van der Waals surface area contributed by atoms with Crippen LogP contribution in [0.25, 0.3) is 32.0 Å². The first kappa shape index (κ1) is 15.5. The summed E-state index contributed by atoms with van der Waals surface area (Å²) < 4.78 is 3.71. The zero-order chi connectivity index (χ0) is 16.6. The lowest BCUT2D eigenvalue weighted by molar-refractivity contribution is 0.340. The highest BCUT2D eigenvalue weighted by Crippen LogP contribution is 2.34. The molecule has 1 aliphatic heterocycles. The number of hydrogen-bond donors (Lipinski definition) is 1. The highest BCUT2D eigenvalue weighted by molar-refractivity contribution is 7.18. The molecule has 1 N–H and O–H groups in total. The third-order valence-corrected chi connectivity index (χ3v) is 6.92. The average Bonchev–Trinajstić information content (AvgIpc) is 3.38. The number of hydrogen-bond acceptors (Lipinski definition) is 5. The molecule has 5 rings (SSSR count). The van der Waals surface area contributed by atoms with Crippen LogP contribution in [0.3, 0.4) is 0 Å². The van der Waals surface area contributed by atoms with Gasteiger partial charge in [0.15, 0.2) is 5.82 Å². The number of imidazole rings is 1. The summed E-state index contributed by atoms with van der Waals surface area (Å²) in [6, 6.07) is 6.38. The van der Waals surface area contributed by atoms with Crippen molar-refractivity contribution >= 4 is 43.9 Å². The molecule has 5 heterocycles. The van der Waals surface area contributed by atoms with Crippen LogP contribution < -0.4 is 5.32 Å². The van der Waals surface area contributed by atoms with E-state index in [1.807, 2.05) is 6.20 Å². The van der Waals surface area contributed by atoms with Gasteiger partial charge in [0, 0.05) is 6.54 Å². The number of fused-ring (bicyclic) bond motifs is 3. The van der Waals surface area contributed by atoms with Gasteiger partial charge in [-0.15, -0.1) is 22.7 Å². The molecule has 0 radical (unpaired) electrons. The summed E-state index contributed by atoms with van der Waals surface area (Å²) >= 11 is 3.54. The molecule has 4 aromatic heterocycles. The first-order valence-electron chi connectivity index (χ1n) is 8.87. The van der Waals surface area contributed by atoms with Crippen LogP contribution in [0.5, 0.6) is 0 Å². The van der Waals surface area contributed by atoms with Crippen LogP contribution in [0.4, 0.5) is 0 Å². The number of aryl methyl sites for hydroxylation is 1. The molecule has 0 amide bonds. The quantitative estimate of drug-likeness (QED) is 0.564. The Hall–Kier alpha value is -1.76. The zero-order valence-electron chi connectivity index (χ0n) is 13.9. The minimum absolute atomic E-state index is 0.815. The van der Waals surface area contributed by atoms with E-state index in [1.54, 1.807) is 22.7 Å². The normalized spacial score (nSPS) is 16.2. The maximum atomic E-state index is 4.95. The van der Waals surface area contributed by atoms with Gasteiger partial charge >= 0.3 is 0 Å². The third-order valence-electron chi connectivity index (χ3n) is 5.14. The van der Waals surface area contributed by atoms with E-state index in [1.165, 1.54) is 34.4 Å². The van der Waals surface area contributed by atoms with Crippen molar-refractivity contribution in [3.8, 4) is 10.7 Å². The molecule has 4 nitrogen and oxygen atoms in total. The first-order valence-corrected chi connectivity index (χ1v) is 10.6. The molecule has 0 bridgehead atoms. The molecule has 6 heteroatoms. The first-order chi connectivity index (χ1) is 12.4. The number of piperidine rings is 1. The molecule has 1 aliphatic rings. The van der Waals surface area contributed by atoms with Crippen LogP contribution in [0.15, 0.2) is 35.2 Å². The van der Waals surface area contributed by atoms with Gasteiger partial charge in [0.25, 0.3) is 0 Å². The number of nitrogens with one attached hydrogen (secondary N) is 1.